The highest BCUT2D eigenvalue weighted by atomic mass is 15.0. The van der Waals surface area contributed by atoms with Crippen molar-refractivity contribution in [2.24, 2.45) is 0 Å². The Bertz CT molecular complexity index is 358. The summed E-state index contributed by atoms with van der Waals surface area (Å²) in [6.07, 6.45) is 16.5. The summed E-state index contributed by atoms with van der Waals surface area (Å²) in [6, 6.07) is 0. The zero-order chi connectivity index (χ0) is 16.1. The van der Waals surface area contributed by atoms with Crippen molar-refractivity contribution in [3.63, 3.8) is 0 Å². The Morgan fingerprint density at radius 1 is 1.05 bits per heavy atom. The minimum Gasteiger partial charge on any atom is -0.380 e. The van der Waals surface area contributed by atoms with Gasteiger partial charge >= 0.3 is 0 Å². The van der Waals surface area contributed by atoms with Crippen molar-refractivity contribution in [2.45, 2.75) is 71.2 Å². The topological polar surface area (TPSA) is 12.0 Å². The highest BCUT2D eigenvalue weighted by molar-refractivity contribution is 6.10. The molecule has 0 saturated heterocycles. The van der Waals surface area contributed by atoms with Gasteiger partial charge in [0.25, 0.3) is 0 Å². The van der Waals surface area contributed by atoms with Crippen LogP contribution in [-0.2, 0) is 0 Å². The van der Waals surface area contributed by atoms with Crippen molar-refractivity contribution < 1.29 is 0 Å². The fourth-order valence-corrected chi connectivity index (χ4v) is 2.42. The van der Waals surface area contributed by atoms with Gasteiger partial charge < -0.3 is 5.32 Å². The van der Waals surface area contributed by atoms with E-state index in [4.69, 9.17) is 0 Å². The average molecular weight is 287 g/mol. The van der Waals surface area contributed by atoms with Crippen LogP contribution in [-0.4, -0.2) is 13.4 Å². The minimum absolute atomic E-state index is 0.167. The zero-order valence-electron chi connectivity index (χ0n) is 14.7. The van der Waals surface area contributed by atoms with E-state index in [1.807, 2.05) is 12.2 Å². The molecule has 0 fully saturated rings. The molecule has 0 aromatic carbocycles. The van der Waals surface area contributed by atoms with Crippen LogP contribution in [0.3, 0.4) is 0 Å². The van der Waals surface area contributed by atoms with Crippen LogP contribution in [0.1, 0.15) is 59.3 Å². The summed E-state index contributed by atoms with van der Waals surface area (Å²) in [5.74, 6) is 0. The second kappa shape index (κ2) is 11.5. The molecule has 21 heavy (non-hydrogen) atoms. The summed E-state index contributed by atoms with van der Waals surface area (Å²) < 4.78 is 0. The lowest BCUT2D eigenvalue weighted by Crippen LogP contribution is -2.41. The van der Waals surface area contributed by atoms with Gasteiger partial charge in [0.15, 0.2) is 0 Å². The molecular formula is C19H34BN. The van der Waals surface area contributed by atoms with E-state index in [1.54, 1.807) is 0 Å². The van der Waals surface area contributed by atoms with Crippen LogP contribution >= 0.6 is 0 Å². The fraction of sp³-hybridized carbons (Fsp3) is 0.579. The Labute approximate surface area is 133 Å². The van der Waals surface area contributed by atoms with Gasteiger partial charge in [0.05, 0.1) is 0 Å². The molecule has 0 atom stereocenters. The quantitative estimate of drug-likeness (QED) is 0.395. The molecule has 1 N–H and O–H groups in total. The first-order valence-corrected chi connectivity index (χ1v) is 8.49. The Morgan fingerprint density at radius 3 is 2.00 bits per heavy atom. The summed E-state index contributed by atoms with van der Waals surface area (Å²) >= 11 is 0. The lowest BCUT2D eigenvalue weighted by Gasteiger charge is -2.33. The standard InChI is InChI=1S/C19H34BN/c1-6-10-14-19(5,15-11-7-2)21-18(9-4)13-12-17(8-3)16-20/h8-9,12-13,21H,3-4,6-7,10-11,14-16,20H2,1-2,5H3/b17-12+,18-13+. The van der Waals surface area contributed by atoms with Crippen LogP contribution < -0.4 is 5.32 Å². The molecule has 0 aromatic heterocycles. The first kappa shape index (κ1) is 19.8. The number of unbranched alkanes of at least 4 members (excludes halogenated alkanes) is 2. The second-order valence-electron chi connectivity index (χ2n) is 6.02. The molecule has 0 radical (unpaired) electrons. The minimum atomic E-state index is 0.167. The molecule has 0 saturated carbocycles. The van der Waals surface area contributed by atoms with Crippen LogP contribution in [0.2, 0.25) is 6.32 Å². The van der Waals surface area contributed by atoms with E-state index in [1.165, 1.54) is 44.1 Å². The normalized spacial score (nSPS) is 13.1. The van der Waals surface area contributed by atoms with E-state index in [-0.39, 0.29) is 5.54 Å². The first-order chi connectivity index (χ1) is 10.0. The van der Waals surface area contributed by atoms with Crippen LogP contribution in [0.5, 0.6) is 0 Å². The summed E-state index contributed by atoms with van der Waals surface area (Å²) in [5, 5.41) is 3.72. The average Bonchev–Trinajstić information content (AvgIpc) is 2.51. The second-order valence-corrected chi connectivity index (χ2v) is 6.02. The molecule has 0 aliphatic heterocycles. The maximum Gasteiger partial charge on any atom is 0.107 e. The van der Waals surface area contributed by atoms with Crippen molar-refractivity contribution in [2.75, 3.05) is 0 Å². The molecule has 0 aliphatic carbocycles. The number of hydrogen-bond donors (Lipinski definition) is 1. The predicted octanol–water partition coefficient (Wildman–Crippen LogP) is 4.95. The molecule has 0 aliphatic rings. The Morgan fingerprint density at radius 2 is 1.62 bits per heavy atom. The van der Waals surface area contributed by atoms with E-state index in [0.717, 1.165) is 12.0 Å². The third kappa shape index (κ3) is 8.65. The zero-order valence-corrected chi connectivity index (χ0v) is 14.7. The number of nitrogens with one attached hydrogen (secondary N) is 1. The highest BCUT2D eigenvalue weighted by Gasteiger charge is 2.22. The van der Waals surface area contributed by atoms with Gasteiger partial charge in [-0.2, -0.15) is 0 Å². The number of allylic oxidation sites excluding steroid dienone is 5. The third-order valence-corrected chi connectivity index (χ3v) is 3.98. The van der Waals surface area contributed by atoms with Crippen molar-refractivity contribution >= 4 is 7.85 Å². The molecule has 0 spiro atoms. The van der Waals surface area contributed by atoms with Gasteiger partial charge in [-0.25, -0.2) is 0 Å². The van der Waals surface area contributed by atoms with Crippen molar-refractivity contribution in [1.82, 2.24) is 5.32 Å². The Balaban J connectivity index is 4.98. The van der Waals surface area contributed by atoms with Gasteiger partial charge in [-0.1, -0.05) is 76.7 Å². The Hall–Kier alpha value is -1.18. The first-order valence-electron chi connectivity index (χ1n) is 8.49. The monoisotopic (exact) mass is 287 g/mol. The molecular weight excluding hydrogens is 253 g/mol. The maximum absolute atomic E-state index is 3.95. The maximum atomic E-state index is 3.95. The van der Waals surface area contributed by atoms with Gasteiger partial charge in [-0.15, -0.1) is 0 Å². The summed E-state index contributed by atoms with van der Waals surface area (Å²) in [6.45, 7) is 14.6. The van der Waals surface area contributed by atoms with Gasteiger partial charge in [0, 0.05) is 11.2 Å². The number of hydrogen-bond acceptors (Lipinski definition) is 1. The Kier molecular flexibility index (Phi) is 10.8. The summed E-state index contributed by atoms with van der Waals surface area (Å²) in [5.41, 5.74) is 2.53. The smallest absolute Gasteiger partial charge is 0.107 e. The van der Waals surface area contributed by atoms with E-state index < -0.39 is 0 Å². The molecule has 0 heterocycles. The van der Waals surface area contributed by atoms with Crippen molar-refractivity contribution in [1.29, 1.82) is 0 Å². The lowest BCUT2D eigenvalue weighted by atomic mass is 9.88. The fourth-order valence-electron chi connectivity index (χ4n) is 2.42. The summed E-state index contributed by atoms with van der Waals surface area (Å²) in [4.78, 5) is 0. The number of rotatable bonds is 12. The molecule has 1 nitrogen and oxygen atoms in total. The third-order valence-electron chi connectivity index (χ3n) is 3.98. The lowest BCUT2D eigenvalue weighted by molar-refractivity contribution is 0.320. The van der Waals surface area contributed by atoms with Crippen LogP contribution in [0.4, 0.5) is 0 Å². The predicted molar refractivity (Wildman–Crippen MR) is 101 cm³/mol. The van der Waals surface area contributed by atoms with E-state index in [0.29, 0.717) is 0 Å². The van der Waals surface area contributed by atoms with Crippen molar-refractivity contribution in [3.05, 3.63) is 48.7 Å². The van der Waals surface area contributed by atoms with E-state index >= 15 is 0 Å². The molecule has 0 rings (SSSR count). The molecule has 0 unspecified atom stereocenters. The highest BCUT2D eigenvalue weighted by Crippen LogP contribution is 2.23. The van der Waals surface area contributed by atoms with E-state index in [9.17, 15) is 0 Å². The molecule has 0 aromatic rings. The van der Waals surface area contributed by atoms with Gasteiger partial charge in [0.1, 0.15) is 7.85 Å². The van der Waals surface area contributed by atoms with Crippen LogP contribution in [0, 0.1) is 0 Å². The summed E-state index contributed by atoms with van der Waals surface area (Å²) in [7, 11) is 2.15. The molecule has 2 heteroatoms. The van der Waals surface area contributed by atoms with Crippen molar-refractivity contribution in [3.8, 4) is 0 Å². The van der Waals surface area contributed by atoms with Crippen LogP contribution in [0.15, 0.2) is 48.7 Å². The largest absolute Gasteiger partial charge is 0.380 e. The molecule has 118 valence electrons. The van der Waals surface area contributed by atoms with Crippen LogP contribution in [0.25, 0.3) is 0 Å². The van der Waals surface area contributed by atoms with E-state index in [2.05, 4.69) is 59.2 Å². The molecule has 0 bridgehead atoms. The SMILES string of the molecule is BC/C(C=C)=C/C=C(\C=C)NC(C)(CCCC)CCCC. The van der Waals surface area contributed by atoms with Gasteiger partial charge in [-0.3, -0.25) is 0 Å². The molecule has 0 amide bonds. The van der Waals surface area contributed by atoms with Gasteiger partial charge in [0.2, 0.25) is 0 Å². The van der Waals surface area contributed by atoms with Gasteiger partial charge in [-0.05, 0) is 31.9 Å².